The third kappa shape index (κ3) is 8.62. The molecule has 41 heavy (non-hydrogen) atoms. The van der Waals surface area contributed by atoms with E-state index in [0.29, 0.717) is 37.6 Å². The van der Waals surface area contributed by atoms with Gasteiger partial charge >= 0.3 is 0 Å². The van der Waals surface area contributed by atoms with Crippen LogP contribution in [0.1, 0.15) is 22.8 Å². The first-order valence-corrected chi connectivity index (χ1v) is 14.4. The minimum Gasteiger partial charge on any atom is -0.324 e. The number of carbonyl (C=O) groups is 3. The lowest BCUT2D eigenvalue weighted by Gasteiger charge is -2.14. The summed E-state index contributed by atoms with van der Waals surface area (Å²) >= 11 is 19.8. The van der Waals surface area contributed by atoms with Gasteiger partial charge in [-0.15, -0.1) is 11.8 Å². The van der Waals surface area contributed by atoms with Crippen molar-refractivity contribution in [2.45, 2.75) is 17.1 Å². The van der Waals surface area contributed by atoms with Crippen LogP contribution in [0.3, 0.4) is 0 Å². The molecular weight excluding hydrogens is 601 g/mol. The summed E-state index contributed by atoms with van der Waals surface area (Å²) in [6, 6.07) is 27.4. The van der Waals surface area contributed by atoms with Gasteiger partial charge in [-0.1, -0.05) is 71.2 Å². The molecule has 0 aliphatic heterocycles. The largest absolute Gasteiger partial charge is 0.324 e. The van der Waals surface area contributed by atoms with Crippen molar-refractivity contribution in [1.29, 1.82) is 0 Å². The van der Waals surface area contributed by atoms with Gasteiger partial charge in [0.15, 0.2) is 0 Å². The molecule has 3 N–H and O–H groups in total. The monoisotopic (exact) mass is 623 g/mol. The molecule has 1 atom stereocenters. The Bertz CT molecular complexity index is 1600. The summed E-state index contributed by atoms with van der Waals surface area (Å²) in [5, 5.41) is 9.14. The fourth-order valence-electron chi connectivity index (χ4n) is 3.59. The van der Waals surface area contributed by atoms with E-state index in [1.807, 2.05) is 0 Å². The van der Waals surface area contributed by atoms with Crippen molar-refractivity contribution in [2.75, 3.05) is 10.6 Å². The van der Waals surface area contributed by atoms with Crippen LogP contribution in [0.15, 0.2) is 108 Å². The van der Waals surface area contributed by atoms with E-state index in [0.717, 1.165) is 4.90 Å². The van der Waals surface area contributed by atoms with Gasteiger partial charge in [-0.05, 0) is 79.2 Å². The van der Waals surface area contributed by atoms with Crippen molar-refractivity contribution in [2.24, 2.45) is 0 Å². The van der Waals surface area contributed by atoms with Crippen LogP contribution in [0, 0.1) is 0 Å². The second-order valence-corrected chi connectivity index (χ2v) is 11.4. The molecule has 0 bridgehead atoms. The molecule has 0 spiro atoms. The molecule has 4 aromatic rings. The molecule has 4 aromatic carbocycles. The number of benzene rings is 4. The van der Waals surface area contributed by atoms with Crippen molar-refractivity contribution in [3.63, 3.8) is 0 Å². The molecule has 0 fully saturated rings. The molecule has 3 amide bonds. The van der Waals surface area contributed by atoms with Gasteiger partial charge in [0.1, 0.15) is 5.70 Å². The topological polar surface area (TPSA) is 87.3 Å². The number of thioether (sulfide) groups is 1. The number of hydrogen-bond donors (Lipinski definition) is 3. The minimum absolute atomic E-state index is 0.0235. The summed E-state index contributed by atoms with van der Waals surface area (Å²) in [6.45, 7) is 1.77. The maximum absolute atomic E-state index is 13.3. The Hall–Kier alpha value is -3.75. The van der Waals surface area contributed by atoms with Crippen molar-refractivity contribution < 1.29 is 14.4 Å². The molecule has 10 heteroatoms. The van der Waals surface area contributed by atoms with E-state index in [9.17, 15) is 14.4 Å². The summed E-state index contributed by atoms with van der Waals surface area (Å²) in [4.78, 5) is 39.6. The summed E-state index contributed by atoms with van der Waals surface area (Å²) in [5.74, 6) is -1.20. The fraction of sp³-hybridized carbons (Fsp3) is 0.0645. The van der Waals surface area contributed by atoms with Crippen molar-refractivity contribution >= 4 is 81.7 Å². The van der Waals surface area contributed by atoms with E-state index in [1.54, 1.807) is 104 Å². The molecule has 0 aromatic heterocycles. The highest BCUT2D eigenvalue weighted by molar-refractivity contribution is 8.00. The van der Waals surface area contributed by atoms with Gasteiger partial charge in [-0.3, -0.25) is 14.4 Å². The number of halogens is 3. The van der Waals surface area contributed by atoms with Gasteiger partial charge in [-0.25, -0.2) is 0 Å². The number of nitrogens with one attached hydrogen (secondary N) is 3. The zero-order valence-corrected chi connectivity index (χ0v) is 24.7. The molecule has 6 nitrogen and oxygen atoms in total. The Morgan fingerprint density at radius 3 is 2.17 bits per heavy atom. The van der Waals surface area contributed by atoms with Gasteiger partial charge in [0.05, 0.1) is 16.0 Å². The maximum atomic E-state index is 13.3. The second kappa shape index (κ2) is 14.2. The van der Waals surface area contributed by atoms with Gasteiger partial charge in [0.25, 0.3) is 11.8 Å². The quantitative estimate of drug-likeness (QED) is 0.129. The Balaban J connectivity index is 1.44. The zero-order valence-electron chi connectivity index (χ0n) is 21.7. The van der Waals surface area contributed by atoms with Crippen molar-refractivity contribution in [3.05, 3.63) is 129 Å². The Morgan fingerprint density at radius 1 is 0.780 bits per heavy atom. The first-order valence-electron chi connectivity index (χ1n) is 12.4. The van der Waals surface area contributed by atoms with E-state index >= 15 is 0 Å². The van der Waals surface area contributed by atoms with Crippen LogP contribution >= 0.6 is 46.6 Å². The van der Waals surface area contributed by atoms with E-state index in [-0.39, 0.29) is 11.6 Å². The first kappa shape index (κ1) is 30.2. The standard InChI is InChI=1S/C31H24Cl3N3O3S/c1-19(29(38)36-27-18-22(32)11-16-26(27)34)41-24-14-12-23(13-15-24)35-31(40)28(17-21-9-5-6-10-25(21)33)37-30(39)20-7-3-2-4-8-20/h2-19H,1H3,(H,35,40)(H,36,38)(H,37,39)/b28-17-. The average molecular weight is 625 g/mol. The van der Waals surface area contributed by atoms with Gasteiger partial charge in [-0.2, -0.15) is 0 Å². The van der Waals surface area contributed by atoms with Crippen LogP contribution in [0.5, 0.6) is 0 Å². The molecular formula is C31H24Cl3N3O3S. The fourth-order valence-corrected chi connectivity index (χ4v) is 4.99. The Kier molecular flexibility index (Phi) is 10.5. The highest BCUT2D eigenvalue weighted by Crippen LogP contribution is 2.29. The third-order valence-corrected chi connectivity index (χ3v) is 7.74. The summed E-state index contributed by atoms with van der Waals surface area (Å²) in [5.41, 5.74) is 1.94. The molecule has 1 unspecified atom stereocenters. The van der Waals surface area contributed by atoms with Crippen LogP contribution in [-0.4, -0.2) is 23.0 Å². The Labute approximate surface area is 257 Å². The summed E-state index contributed by atoms with van der Waals surface area (Å²) in [6.07, 6.45) is 1.52. The molecule has 0 radical (unpaired) electrons. The van der Waals surface area contributed by atoms with Crippen LogP contribution in [-0.2, 0) is 9.59 Å². The third-order valence-electron chi connectivity index (χ3n) is 5.71. The molecule has 0 saturated carbocycles. The van der Waals surface area contributed by atoms with Gasteiger partial charge in [0.2, 0.25) is 5.91 Å². The number of hydrogen-bond acceptors (Lipinski definition) is 4. The predicted octanol–water partition coefficient (Wildman–Crippen LogP) is 8.18. The SMILES string of the molecule is CC(Sc1ccc(NC(=O)/C(=C/c2ccccc2Cl)NC(=O)c2ccccc2)cc1)C(=O)Nc1cc(Cl)ccc1Cl. The molecule has 0 heterocycles. The minimum atomic E-state index is -0.527. The number of anilines is 2. The normalized spacial score (nSPS) is 11.9. The van der Waals surface area contributed by atoms with Crippen molar-refractivity contribution in [3.8, 4) is 0 Å². The summed E-state index contributed by atoms with van der Waals surface area (Å²) in [7, 11) is 0. The van der Waals surface area contributed by atoms with E-state index < -0.39 is 17.1 Å². The van der Waals surface area contributed by atoms with Crippen LogP contribution in [0.4, 0.5) is 11.4 Å². The van der Waals surface area contributed by atoms with E-state index in [2.05, 4.69) is 16.0 Å². The molecule has 4 rings (SSSR count). The highest BCUT2D eigenvalue weighted by atomic mass is 35.5. The van der Waals surface area contributed by atoms with Crippen LogP contribution in [0.2, 0.25) is 15.1 Å². The number of amides is 3. The van der Waals surface area contributed by atoms with Crippen molar-refractivity contribution in [1.82, 2.24) is 5.32 Å². The van der Waals surface area contributed by atoms with Gasteiger partial charge in [0, 0.05) is 26.2 Å². The molecule has 0 aliphatic carbocycles. The lowest BCUT2D eigenvalue weighted by molar-refractivity contribution is -0.115. The number of carbonyl (C=O) groups excluding carboxylic acids is 3. The van der Waals surface area contributed by atoms with Gasteiger partial charge < -0.3 is 16.0 Å². The van der Waals surface area contributed by atoms with E-state index in [1.165, 1.54) is 17.8 Å². The first-order chi connectivity index (χ1) is 19.7. The summed E-state index contributed by atoms with van der Waals surface area (Å²) < 4.78 is 0. The maximum Gasteiger partial charge on any atom is 0.272 e. The lowest BCUT2D eigenvalue weighted by Crippen LogP contribution is -2.30. The molecule has 0 saturated heterocycles. The van der Waals surface area contributed by atoms with Crippen LogP contribution < -0.4 is 16.0 Å². The lowest BCUT2D eigenvalue weighted by atomic mass is 10.1. The van der Waals surface area contributed by atoms with E-state index in [4.69, 9.17) is 34.8 Å². The second-order valence-electron chi connectivity index (χ2n) is 8.75. The Morgan fingerprint density at radius 2 is 1.46 bits per heavy atom. The number of rotatable bonds is 9. The molecule has 0 aliphatic rings. The predicted molar refractivity (Wildman–Crippen MR) is 169 cm³/mol. The zero-order chi connectivity index (χ0) is 29.4. The molecule has 208 valence electrons. The van der Waals surface area contributed by atoms with Crippen LogP contribution in [0.25, 0.3) is 6.08 Å². The average Bonchev–Trinajstić information content (AvgIpc) is 2.97. The smallest absolute Gasteiger partial charge is 0.272 e. The highest BCUT2D eigenvalue weighted by Gasteiger charge is 2.18.